The lowest BCUT2D eigenvalue weighted by atomic mass is 10.00. The smallest absolute Gasteiger partial charge is 0.175 e. The Balaban J connectivity index is 1.47. The zero-order chi connectivity index (χ0) is 21.4. The van der Waals surface area contributed by atoms with E-state index < -0.39 is 9.84 Å². The number of hydrogen-bond donors (Lipinski definition) is 0. The van der Waals surface area contributed by atoms with Crippen LogP contribution in [0.15, 0.2) is 77.8 Å². The highest BCUT2D eigenvalue weighted by molar-refractivity contribution is 7.90. The molecule has 5 rings (SSSR count). The summed E-state index contributed by atoms with van der Waals surface area (Å²) in [5.41, 5.74) is 3.19. The highest BCUT2D eigenvalue weighted by Crippen LogP contribution is 2.33. The van der Waals surface area contributed by atoms with E-state index in [0.717, 1.165) is 18.8 Å². The second-order valence-electron chi connectivity index (χ2n) is 7.68. The van der Waals surface area contributed by atoms with Crippen LogP contribution in [0.25, 0.3) is 5.69 Å². The second-order valence-corrected chi connectivity index (χ2v) is 9.70. The zero-order valence-electron chi connectivity index (χ0n) is 17.0. The molecule has 1 unspecified atom stereocenters. The third-order valence-corrected chi connectivity index (χ3v) is 6.77. The summed E-state index contributed by atoms with van der Waals surface area (Å²) >= 11 is 0. The lowest BCUT2D eigenvalue weighted by Gasteiger charge is -2.36. The van der Waals surface area contributed by atoms with Crippen LogP contribution in [0.5, 0.6) is 0 Å². The van der Waals surface area contributed by atoms with Crippen LogP contribution in [-0.4, -0.2) is 50.9 Å². The number of sulfone groups is 1. The summed E-state index contributed by atoms with van der Waals surface area (Å²) in [6, 6.07) is 21.4. The molecule has 8 nitrogen and oxygen atoms in total. The molecule has 1 atom stereocenters. The molecule has 0 saturated carbocycles. The molecule has 0 bridgehead atoms. The van der Waals surface area contributed by atoms with Gasteiger partial charge in [-0.05, 0) is 52.4 Å². The molecule has 0 amide bonds. The Bertz CT molecular complexity index is 1300. The summed E-state index contributed by atoms with van der Waals surface area (Å²) in [5.74, 6) is 0.702. The van der Waals surface area contributed by atoms with Gasteiger partial charge in [0.05, 0.1) is 23.2 Å². The van der Waals surface area contributed by atoms with Crippen LogP contribution in [0.3, 0.4) is 0 Å². The first-order valence-corrected chi connectivity index (χ1v) is 11.9. The Labute approximate surface area is 180 Å². The Morgan fingerprint density at radius 1 is 0.968 bits per heavy atom. The van der Waals surface area contributed by atoms with Gasteiger partial charge in [-0.15, -0.1) is 5.10 Å². The van der Waals surface area contributed by atoms with Crippen LogP contribution in [0.2, 0.25) is 0 Å². The molecule has 31 heavy (non-hydrogen) atoms. The number of tetrazole rings is 1. The molecule has 0 saturated heterocycles. The molecule has 4 aromatic rings. The summed E-state index contributed by atoms with van der Waals surface area (Å²) in [6.07, 6.45) is 3.32. The summed E-state index contributed by atoms with van der Waals surface area (Å²) < 4.78 is 27.5. The molecule has 158 valence electrons. The second kappa shape index (κ2) is 7.75. The number of nitrogens with zero attached hydrogens (tertiary/aromatic N) is 6. The third kappa shape index (κ3) is 3.77. The average Bonchev–Trinajstić information content (AvgIpc) is 3.43. The standard InChI is InChI=1S/C22H22N6O2S/c1-31(29,30)19-11-9-18(10-12-19)28-21(23-24-25-28)16-27-15-14-26-13-5-8-20(26)22(27)17-6-3-2-4-7-17/h2-13,22H,14-16H2,1H3. The topological polar surface area (TPSA) is 85.9 Å². The molecule has 1 aliphatic heterocycles. The normalized spacial score (nSPS) is 16.9. The fourth-order valence-electron chi connectivity index (χ4n) is 4.14. The lowest BCUT2D eigenvalue weighted by molar-refractivity contribution is 0.169. The quantitative estimate of drug-likeness (QED) is 0.480. The van der Waals surface area contributed by atoms with E-state index in [1.54, 1.807) is 28.9 Å². The first-order chi connectivity index (χ1) is 15.0. The van der Waals surface area contributed by atoms with Gasteiger partial charge in [0, 0.05) is 31.2 Å². The van der Waals surface area contributed by atoms with Crippen LogP contribution >= 0.6 is 0 Å². The molecule has 3 heterocycles. The lowest BCUT2D eigenvalue weighted by Crippen LogP contribution is -2.38. The van der Waals surface area contributed by atoms with Gasteiger partial charge in [0.15, 0.2) is 15.7 Å². The minimum atomic E-state index is -3.25. The fourth-order valence-corrected chi connectivity index (χ4v) is 4.77. The average molecular weight is 435 g/mol. The summed E-state index contributed by atoms with van der Waals surface area (Å²) in [7, 11) is -3.25. The number of rotatable bonds is 5. The van der Waals surface area contributed by atoms with Gasteiger partial charge in [0.1, 0.15) is 0 Å². The molecule has 0 N–H and O–H groups in total. The van der Waals surface area contributed by atoms with Crippen molar-refractivity contribution in [2.24, 2.45) is 0 Å². The van der Waals surface area contributed by atoms with Crippen molar-refractivity contribution < 1.29 is 8.42 Å². The van der Waals surface area contributed by atoms with Gasteiger partial charge in [-0.25, -0.2) is 8.42 Å². The SMILES string of the molecule is CS(=O)(=O)c1ccc(-n2nnnc2CN2CCn3cccc3C2c2ccccc2)cc1. The first-order valence-electron chi connectivity index (χ1n) is 10.0. The summed E-state index contributed by atoms with van der Waals surface area (Å²) in [6.45, 7) is 2.32. The van der Waals surface area contributed by atoms with Gasteiger partial charge >= 0.3 is 0 Å². The van der Waals surface area contributed by atoms with Crippen LogP contribution in [0.1, 0.15) is 23.1 Å². The van der Waals surface area contributed by atoms with E-state index in [9.17, 15) is 8.42 Å². The van der Waals surface area contributed by atoms with Crippen LogP contribution < -0.4 is 0 Å². The monoisotopic (exact) mass is 434 g/mol. The molecular weight excluding hydrogens is 412 g/mol. The van der Waals surface area contributed by atoms with Crippen molar-refractivity contribution >= 4 is 9.84 Å². The van der Waals surface area contributed by atoms with Gasteiger partial charge in [-0.1, -0.05) is 30.3 Å². The predicted molar refractivity (Wildman–Crippen MR) is 115 cm³/mol. The molecule has 9 heteroatoms. The van der Waals surface area contributed by atoms with Crippen LogP contribution in [0, 0.1) is 0 Å². The van der Waals surface area contributed by atoms with Crippen molar-refractivity contribution in [1.82, 2.24) is 29.7 Å². The highest BCUT2D eigenvalue weighted by atomic mass is 32.2. The van der Waals surface area contributed by atoms with Gasteiger partial charge in [-0.2, -0.15) is 4.68 Å². The number of benzene rings is 2. The van der Waals surface area contributed by atoms with Gasteiger partial charge in [0.25, 0.3) is 0 Å². The highest BCUT2D eigenvalue weighted by Gasteiger charge is 2.30. The van der Waals surface area contributed by atoms with Crippen molar-refractivity contribution in [3.8, 4) is 5.69 Å². The van der Waals surface area contributed by atoms with Crippen LogP contribution in [-0.2, 0) is 22.9 Å². The van der Waals surface area contributed by atoms with Crippen molar-refractivity contribution in [1.29, 1.82) is 0 Å². The van der Waals surface area contributed by atoms with Gasteiger partial charge in [0.2, 0.25) is 0 Å². The van der Waals surface area contributed by atoms with E-state index in [-0.39, 0.29) is 10.9 Å². The molecule has 2 aromatic carbocycles. The molecule has 0 spiro atoms. The maximum Gasteiger partial charge on any atom is 0.175 e. The minimum Gasteiger partial charge on any atom is -0.348 e. The number of hydrogen-bond acceptors (Lipinski definition) is 6. The van der Waals surface area contributed by atoms with Crippen molar-refractivity contribution in [2.75, 3.05) is 12.8 Å². The zero-order valence-corrected chi connectivity index (χ0v) is 17.9. The Morgan fingerprint density at radius 3 is 2.48 bits per heavy atom. The molecule has 0 fully saturated rings. The van der Waals surface area contributed by atoms with Crippen LogP contribution in [0.4, 0.5) is 0 Å². The third-order valence-electron chi connectivity index (χ3n) is 5.64. The minimum absolute atomic E-state index is 0.0997. The Kier molecular flexibility index (Phi) is 4.91. The predicted octanol–water partition coefficient (Wildman–Crippen LogP) is 2.47. The maximum absolute atomic E-state index is 11.8. The molecule has 0 radical (unpaired) electrons. The Morgan fingerprint density at radius 2 is 1.74 bits per heavy atom. The molecule has 2 aromatic heterocycles. The van der Waals surface area contributed by atoms with Crippen molar-refractivity contribution in [3.05, 3.63) is 90.0 Å². The van der Waals surface area contributed by atoms with Crippen molar-refractivity contribution in [3.63, 3.8) is 0 Å². The van der Waals surface area contributed by atoms with Gasteiger partial charge in [-0.3, -0.25) is 4.90 Å². The van der Waals surface area contributed by atoms with Gasteiger partial charge < -0.3 is 4.57 Å². The largest absolute Gasteiger partial charge is 0.348 e. The fraction of sp³-hybridized carbons (Fsp3) is 0.227. The van der Waals surface area contributed by atoms with E-state index >= 15 is 0 Å². The van der Waals surface area contributed by atoms with E-state index in [1.165, 1.54) is 17.5 Å². The summed E-state index contributed by atoms with van der Waals surface area (Å²) in [4.78, 5) is 2.64. The van der Waals surface area contributed by atoms with E-state index in [1.807, 2.05) is 6.07 Å². The van der Waals surface area contributed by atoms with Crippen molar-refractivity contribution in [2.45, 2.75) is 24.0 Å². The molecule has 0 aliphatic carbocycles. The van der Waals surface area contributed by atoms with E-state index in [2.05, 4.69) is 67.6 Å². The number of aromatic nitrogens is 5. The van der Waals surface area contributed by atoms with E-state index in [4.69, 9.17) is 0 Å². The molecule has 1 aliphatic rings. The van der Waals surface area contributed by atoms with E-state index in [0.29, 0.717) is 12.4 Å². The molecular formula is C22H22N6O2S. The summed E-state index contributed by atoms with van der Waals surface area (Å²) in [5, 5.41) is 12.3. The Hall–Kier alpha value is -3.30. The maximum atomic E-state index is 11.8. The number of fused-ring (bicyclic) bond motifs is 1. The first kappa shape index (κ1) is 19.7.